The molecule has 8 rings (SSSR count). The molecule has 4 aromatic carbocycles. The van der Waals surface area contributed by atoms with Crippen LogP contribution >= 0.6 is 86.6 Å². The minimum Gasteiger partial charge on any atom is -0.481 e. The van der Waals surface area contributed by atoms with E-state index in [2.05, 4.69) is 46.7 Å². The highest BCUT2D eigenvalue weighted by Gasteiger charge is 2.22. The first-order valence-corrected chi connectivity index (χ1v) is 36.5. The molecule has 1 fully saturated rings. The summed E-state index contributed by atoms with van der Waals surface area (Å²) in [6, 6.07) is 34.5. The summed E-state index contributed by atoms with van der Waals surface area (Å²) in [7, 11) is 6.61. The van der Waals surface area contributed by atoms with Gasteiger partial charge in [0.25, 0.3) is 24.1 Å². The highest BCUT2D eigenvalue weighted by atomic mass is 79.9. The number of carboxylic acid groups (broad SMARTS) is 5. The molecule has 1 aliphatic rings. The number of carboxylic acids is 5. The number of thiazole rings is 1. The number of thiophene rings is 1. The third-order valence-corrected chi connectivity index (χ3v) is 18.2. The van der Waals surface area contributed by atoms with Gasteiger partial charge >= 0.3 is 23.9 Å². The van der Waals surface area contributed by atoms with E-state index in [4.69, 9.17) is 72.6 Å². The molecule has 508 valence electrons. The van der Waals surface area contributed by atoms with Crippen LogP contribution in [0.25, 0.3) is 0 Å². The number of aliphatic hydroxyl groups excluding tert-OH is 2. The number of aliphatic carboxylic acids is 4. The molecule has 7 N–H and O–H groups in total. The third kappa shape index (κ3) is 53.4. The van der Waals surface area contributed by atoms with Crippen molar-refractivity contribution in [2.75, 3.05) is 20.1 Å². The Morgan fingerprint density at radius 1 is 0.674 bits per heavy atom. The molecule has 4 heterocycles. The molecular formula is C59H71Br2Cl3FN3O19S5. The van der Waals surface area contributed by atoms with Crippen LogP contribution in [0, 0.1) is 17.7 Å². The number of likely N-dealkylation sites (tertiary alicyclic amines) is 1. The molecule has 7 aromatic rings. The average Bonchev–Trinajstić information content (AvgIpc) is 1.79. The van der Waals surface area contributed by atoms with Gasteiger partial charge in [-0.3, -0.25) is 29.0 Å². The topological polar surface area (TPSA) is 375 Å². The van der Waals surface area contributed by atoms with Gasteiger partial charge in [0.2, 0.25) is 9.05 Å². The number of aliphatic hydroxyl groups is 2. The Morgan fingerprint density at radius 3 is 1.52 bits per heavy atom. The molecular weight excluding hydrogens is 1500 g/mol. The van der Waals surface area contributed by atoms with Gasteiger partial charge in [0, 0.05) is 83.9 Å². The lowest BCUT2D eigenvalue weighted by Crippen LogP contribution is -2.33. The second kappa shape index (κ2) is 51.3. The average molecular weight is 1570 g/mol. The van der Waals surface area contributed by atoms with Crippen LogP contribution in [-0.2, 0) is 66.0 Å². The number of pyridine rings is 1. The predicted octanol–water partition coefficient (Wildman–Crippen LogP) is 12.9. The molecule has 0 amide bonds. The second-order valence-corrected chi connectivity index (χ2v) is 30.7. The lowest BCUT2D eigenvalue weighted by Gasteiger charge is -2.25. The van der Waals surface area contributed by atoms with Crippen molar-refractivity contribution in [3.63, 3.8) is 0 Å². The zero-order chi connectivity index (χ0) is 71.0. The van der Waals surface area contributed by atoms with E-state index in [1.54, 1.807) is 48.0 Å². The molecule has 0 atom stereocenters. The van der Waals surface area contributed by atoms with Gasteiger partial charge in [0.05, 0.1) is 41.3 Å². The molecule has 0 aliphatic carbocycles. The largest absolute Gasteiger partial charge is 0.481 e. The number of aromatic carboxylic acids is 1. The maximum atomic E-state index is 12.3. The number of halogens is 6. The Hall–Kier alpha value is -6.13. The number of nitrogens with zero attached hydrogens (tertiary/aromatic N) is 3. The summed E-state index contributed by atoms with van der Waals surface area (Å²) in [6.07, 6.45) is 7.19. The van der Waals surface area contributed by atoms with Gasteiger partial charge in [-0.1, -0.05) is 106 Å². The van der Waals surface area contributed by atoms with E-state index in [0.717, 1.165) is 70.0 Å². The number of hydrogen-bond donors (Lipinski definition) is 7. The van der Waals surface area contributed by atoms with Gasteiger partial charge in [-0.2, -0.15) is 0 Å². The zero-order valence-electron chi connectivity index (χ0n) is 50.2. The number of hydrogen-bond acceptors (Lipinski definition) is 19. The van der Waals surface area contributed by atoms with Gasteiger partial charge in [0.1, 0.15) is 21.3 Å². The van der Waals surface area contributed by atoms with Crippen molar-refractivity contribution in [3.05, 3.63) is 199 Å². The first kappa shape index (κ1) is 90.1. The summed E-state index contributed by atoms with van der Waals surface area (Å²) in [5.74, 6) is -4.18. The molecule has 0 bridgehead atoms. The van der Waals surface area contributed by atoms with Crippen molar-refractivity contribution in [1.82, 2.24) is 14.9 Å². The van der Waals surface area contributed by atoms with Crippen LogP contribution in [-0.4, -0.2) is 137 Å². The molecule has 22 nitrogen and oxygen atoms in total. The fourth-order valence-electron chi connectivity index (χ4n) is 5.36. The van der Waals surface area contributed by atoms with Gasteiger partial charge in [-0.15, -0.1) is 22.7 Å². The highest BCUT2D eigenvalue weighted by molar-refractivity contribution is 9.10. The maximum Gasteiger partial charge on any atom is 0.337 e. The summed E-state index contributed by atoms with van der Waals surface area (Å²) in [5, 5.41) is 61.5. The zero-order valence-corrected chi connectivity index (χ0v) is 59.7. The van der Waals surface area contributed by atoms with Crippen LogP contribution in [0.1, 0.15) is 90.7 Å². The van der Waals surface area contributed by atoms with Crippen LogP contribution < -0.4 is 0 Å². The smallest absolute Gasteiger partial charge is 0.337 e. The van der Waals surface area contributed by atoms with E-state index in [0.29, 0.717) is 11.1 Å². The van der Waals surface area contributed by atoms with Crippen LogP contribution in [0.5, 0.6) is 0 Å². The number of aldehydes is 1. The number of rotatable bonds is 12. The fraction of sp³-hybridized carbons (Fsp3) is 0.288. The van der Waals surface area contributed by atoms with Gasteiger partial charge < -0.3 is 40.6 Å². The van der Waals surface area contributed by atoms with Crippen molar-refractivity contribution >= 4 is 150 Å². The first-order chi connectivity index (χ1) is 42.8. The molecule has 1 aliphatic heterocycles. The Bertz CT molecular complexity index is 3510. The highest BCUT2D eigenvalue weighted by Crippen LogP contribution is 2.20. The number of benzene rings is 4. The number of carbonyl (C=O) groups is 6. The molecule has 0 saturated carbocycles. The van der Waals surface area contributed by atoms with Crippen molar-refractivity contribution in [3.8, 4) is 0 Å². The van der Waals surface area contributed by atoms with Crippen molar-refractivity contribution < 1.29 is 94.2 Å². The van der Waals surface area contributed by atoms with Crippen LogP contribution in [0.3, 0.4) is 0 Å². The minimum atomic E-state index is -3.57. The van der Waals surface area contributed by atoms with E-state index in [-0.39, 0.29) is 58.4 Å². The van der Waals surface area contributed by atoms with Gasteiger partial charge in [0.15, 0.2) is 0 Å². The van der Waals surface area contributed by atoms with E-state index < -0.39 is 62.2 Å². The Kier molecular flexibility index (Phi) is 50.2. The fourth-order valence-corrected chi connectivity index (χ4v) is 9.09. The summed E-state index contributed by atoms with van der Waals surface area (Å²) in [5.41, 5.74) is 2.49. The Labute approximate surface area is 572 Å². The van der Waals surface area contributed by atoms with Crippen molar-refractivity contribution in [2.24, 2.45) is 11.8 Å². The molecule has 0 radical (unpaired) electrons. The van der Waals surface area contributed by atoms with Crippen LogP contribution in [0.4, 0.5) is 4.39 Å². The molecule has 0 spiro atoms. The summed E-state index contributed by atoms with van der Waals surface area (Å²) in [6.45, 7) is 9.97. The molecule has 0 unspecified atom stereocenters. The van der Waals surface area contributed by atoms with E-state index in [9.17, 15) is 53.6 Å². The summed E-state index contributed by atoms with van der Waals surface area (Å²) in [4.78, 5) is 69.4. The predicted molar refractivity (Wildman–Crippen MR) is 362 cm³/mol. The standard InChI is InChI=1S/C8H7FO2.C7H5BrO.C7H13NO2.C7H8O.C6H4BrClO2S.C6H5NO2.C5H10O2.C4H3ClO2S2.C4H5NOS.C3H7ClO2S.C2H4O2/c9-7-3-1-6(2-4-7)5-8(10)11;8-7-3-1-2-6(4-7)5-9;1-8-4-2-6(3-5-8)7(9)10;8-6-7-4-2-1-3-5-7;7-5-1-3-6(4-2-5)11(8,9)10;8-6(9)5-2-1-3-7-4-5;1-4(2)3-5(6)7;5-9(6,7)4-2-1-3-8-4;6-3-4-5-1-2-7-4;1-3(2)7(4,5)6;1-2(3)4/h1-4H,5H2,(H,10,11);1-5H;6H,2-5H2,1H3,(H,9,10);1-5,8H,6H2;1-4H;1-4H,(H,8,9);4H,3H2,1-2H3,(H,6,7);1-3H;1-2,6H,3H2;3H,1-2H3;1H3,(H,3,4). The Morgan fingerprint density at radius 2 is 1.23 bits per heavy atom. The third-order valence-electron chi connectivity index (χ3n) is 9.85. The SMILES string of the molecule is CC(=O)O.CC(C)CC(=O)O.CC(C)S(=O)(=O)Cl.CN1CCC(C(=O)O)CC1.O=C(O)Cc1ccc(F)cc1.O=C(O)c1cccnc1.O=Cc1cccc(Br)c1.O=S(=O)(Cl)c1ccc(Br)cc1.O=S(=O)(Cl)c1cccs1.OCc1ccccc1.OCc1nccs1. The number of aromatic nitrogens is 2. The molecule has 33 heteroatoms. The van der Waals surface area contributed by atoms with E-state index in [1.807, 2.05) is 68.7 Å². The van der Waals surface area contributed by atoms with Gasteiger partial charge in [-0.25, -0.2) is 39.4 Å². The Balaban J connectivity index is -0.000000954. The minimum absolute atomic E-state index is 0.0553. The summed E-state index contributed by atoms with van der Waals surface area (Å²) < 4.78 is 76.8. The van der Waals surface area contributed by atoms with E-state index in [1.165, 1.54) is 86.1 Å². The van der Waals surface area contributed by atoms with Crippen molar-refractivity contribution in [1.29, 1.82) is 0 Å². The van der Waals surface area contributed by atoms with E-state index >= 15 is 0 Å². The number of piperidine rings is 1. The van der Waals surface area contributed by atoms with Crippen molar-refractivity contribution in [2.45, 2.75) is 87.9 Å². The molecule has 92 heavy (non-hydrogen) atoms. The molecule has 3 aromatic heterocycles. The number of carbonyl (C=O) groups excluding carboxylic acids is 1. The lowest BCUT2D eigenvalue weighted by molar-refractivity contribution is -0.143. The lowest BCUT2D eigenvalue weighted by atomic mass is 9.98. The quantitative estimate of drug-likeness (QED) is 0.0441. The van der Waals surface area contributed by atoms with Crippen LogP contribution in [0.15, 0.2) is 175 Å². The second-order valence-electron chi connectivity index (χ2n) is 18.4. The van der Waals surface area contributed by atoms with Crippen LogP contribution in [0.2, 0.25) is 0 Å². The normalized spacial score (nSPS) is 11.3. The first-order valence-electron chi connectivity index (χ1n) is 26.2. The molecule has 1 saturated heterocycles. The van der Waals surface area contributed by atoms with Gasteiger partial charge in [-0.05, 0) is 136 Å². The monoisotopic (exact) mass is 1570 g/mol. The maximum absolute atomic E-state index is 12.3. The summed E-state index contributed by atoms with van der Waals surface area (Å²) >= 11 is 8.99.